The SMILES string of the molecule is CC(CCC(=O)NC=O)N1Cc2ccc(N3CCN(CC4CC(C)N(C(=O)N5CCN6c7cc(-c8cccc(F)c8O)nnc7NCC6C5)C(C)C4)CC3)cc2C1=O. The highest BCUT2D eigenvalue weighted by Crippen LogP contribution is 2.38. The fourth-order valence-electron chi connectivity index (χ4n) is 9.78. The summed E-state index contributed by atoms with van der Waals surface area (Å²) in [5, 5.41) is 24.4. The minimum absolute atomic E-state index is 0.0129. The Balaban J connectivity index is 0.818. The summed E-state index contributed by atoms with van der Waals surface area (Å²) in [4.78, 5) is 62.9. The summed E-state index contributed by atoms with van der Waals surface area (Å²) >= 11 is 0. The van der Waals surface area contributed by atoms with Gasteiger partial charge in [0, 0.05) is 107 Å². The molecule has 3 aromatic rings. The van der Waals surface area contributed by atoms with Crippen molar-refractivity contribution in [3.63, 3.8) is 0 Å². The number of nitrogens with zero attached hydrogens (tertiary/aromatic N) is 8. The van der Waals surface area contributed by atoms with Crippen molar-refractivity contribution in [1.29, 1.82) is 0 Å². The molecule has 58 heavy (non-hydrogen) atoms. The molecule has 3 saturated heterocycles. The Morgan fingerprint density at radius 3 is 2.55 bits per heavy atom. The van der Waals surface area contributed by atoms with Crippen molar-refractivity contribution in [3.05, 3.63) is 59.4 Å². The monoisotopic (exact) mass is 796 g/mol. The first-order chi connectivity index (χ1) is 28.0. The maximum absolute atomic E-state index is 14.2. The molecule has 6 heterocycles. The number of urea groups is 1. The summed E-state index contributed by atoms with van der Waals surface area (Å²) in [5.41, 5.74) is 4.28. The van der Waals surface area contributed by atoms with Crippen molar-refractivity contribution in [2.75, 3.05) is 74.0 Å². The second-order valence-electron chi connectivity index (χ2n) is 16.6. The van der Waals surface area contributed by atoms with Gasteiger partial charge in [-0.1, -0.05) is 12.1 Å². The van der Waals surface area contributed by atoms with E-state index in [1.165, 1.54) is 12.1 Å². The lowest BCUT2D eigenvalue weighted by molar-refractivity contribution is -0.125. The normalized spacial score (nSPS) is 23.8. The van der Waals surface area contributed by atoms with Crippen LogP contribution in [-0.2, 0) is 16.1 Å². The van der Waals surface area contributed by atoms with Gasteiger partial charge in [-0.15, -0.1) is 10.2 Å². The minimum atomic E-state index is -0.710. The first-order valence-corrected chi connectivity index (χ1v) is 20.6. The van der Waals surface area contributed by atoms with Gasteiger partial charge in [0.05, 0.1) is 17.4 Å². The van der Waals surface area contributed by atoms with Crippen molar-refractivity contribution in [2.45, 2.75) is 77.2 Å². The van der Waals surface area contributed by atoms with Crippen molar-refractivity contribution in [1.82, 2.24) is 35.1 Å². The standard InChI is InChI=1S/C42H53FN10O5/c1-26(7-10-38(55)45-25-54)52-23-30-8-9-31(19-34(30)41(52)57)49-13-11-48(12-14-49)22-29-17-27(2)53(28(3)18-29)42(58)50-15-16-51-32(24-50)21-44-40-37(51)20-36(46-47-40)33-5-4-6-35(43)39(33)56/h4-6,8-9,19-20,25-29,32,56H,7,10-18,21-24H2,1-3H3,(H,44,47)(H,45,54,55). The van der Waals surface area contributed by atoms with Crippen LogP contribution in [0.15, 0.2) is 42.5 Å². The Hall–Kier alpha value is -5.51. The average molecular weight is 797 g/mol. The largest absolute Gasteiger partial charge is 0.504 e. The van der Waals surface area contributed by atoms with E-state index in [2.05, 4.69) is 66.4 Å². The molecule has 4 atom stereocenters. The molecule has 2 aromatic carbocycles. The predicted octanol–water partition coefficient (Wildman–Crippen LogP) is 3.73. The lowest BCUT2D eigenvalue weighted by Gasteiger charge is -2.50. The molecule has 0 spiro atoms. The molecule has 5 aliphatic rings. The molecule has 0 saturated carbocycles. The number of carbonyl (C=O) groups is 4. The number of fused-ring (bicyclic) bond motifs is 4. The highest BCUT2D eigenvalue weighted by Gasteiger charge is 2.41. The number of hydrogen-bond acceptors (Lipinski definition) is 11. The van der Waals surface area contributed by atoms with Gasteiger partial charge in [-0.05, 0) is 81.8 Å². The van der Waals surface area contributed by atoms with Gasteiger partial charge in [0.25, 0.3) is 5.91 Å². The number of likely N-dealkylation sites (tertiary alicyclic amines) is 1. The second kappa shape index (κ2) is 16.4. The summed E-state index contributed by atoms with van der Waals surface area (Å²) in [5.74, 6) is -0.391. The number of benzene rings is 2. The van der Waals surface area contributed by atoms with E-state index in [1.807, 2.05) is 28.9 Å². The van der Waals surface area contributed by atoms with Crippen molar-refractivity contribution < 1.29 is 28.7 Å². The number of phenols is 1. The van der Waals surface area contributed by atoms with E-state index in [0.29, 0.717) is 63.0 Å². The van der Waals surface area contributed by atoms with Crippen LogP contribution in [0.5, 0.6) is 5.75 Å². The van der Waals surface area contributed by atoms with Gasteiger partial charge in [-0.2, -0.15) is 0 Å². The van der Waals surface area contributed by atoms with Crippen LogP contribution in [0.2, 0.25) is 0 Å². The van der Waals surface area contributed by atoms with Crippen LogP contribution in [-0.4, -0.2) is 142 Å². The van der Waals surface area contributed by atoms with E-state index in [1.54, 1.807) is 6.07 Å². The van der Waals surface area contributed by atoms with Crippen LogP contribution >= 0.6 is 0 Å². The highest BCUT2D eigenvalue weighted by molar-refractivity contribution is 5.99. The molecule has 3 N–H and O–H groups in total. The zero-order valence-electron chi connectivity index (χ0n) is 33.4. The summed E-state index contributed by atoms with van der Waals surface area (Å²) in [6, 6.07) is 12.6. The summed E-state index contributed by atoms with van der Waals surface area (Å²) in [6.07, 6.45) is 2.96. The first kappa shape index (κ1) is 39.3. The number of nitrogens with one attached hydrogen (secondary N) is 2. The zero-order valence-corrected chi connectivity index (χ0v) is 33.4. The van der Waals surface area contributed by atoms with Crippen LogP contribution in [0.4, 0.5) is 26.4 Å². The topological polar surface area (TPSA) is 158 Å². The highest BCUT2D eigenvalue weighted by atomic mass is 19.1. The Kier molecular flexibility index (Phi) is 11.1. The number of hydrogen-bond donors (Lipinski definition) is 3. The van der Waals surface area contributed by atoms with E-state index in [-0.39, 0.29) is 54.0 Å². The van der Waals surface area contributed by atoms with Crippen molar-refractivity contribution in [2.24, 2.45) is 5.92 Å². The zero-order chi connectivity index (χ0) is 40.7. The number of imide groups is 1. The van der Waals surface area contributed by atoms with Gasteiger partial charge in [0.1, 0.15) is 0 Å². The number of rotatable bonds is 9. The lowest BCUT2D eigenvalue weighted by Crippen LogP contribution is -2.63. The number of phenolic OH excluding ortho intramolecular Hbond substituents is 1. The molecule has 4 unspecified atom stereocenters. The van der Waals surface area contributed by atoms with Crippen molar-refractivity contribution in [3.8, 4) is 17.0 Å². The maximum Gasteiger partial charge on any atom is 0.320 e. The summed E-state index contributed by atoms with van der Waals surface area (Å²) < 4.78 is 14.1. The van der Waals surface area contributed by atoms with Crippen LogP contribution < -0.4 is 20.4 Å². The maximum atomic E-state index is 14.2. The average Bonchev–Trinajstić information content (AvgIpc) is 3.55. The minimum Gasteiger partial charge on any atom is -0.504 e. The molecule has 308 valence electrons. The summed E-state index contributed by atoms with van der Waals surface area (Å²) in [6.45, 7) is 13.8. The number of anilines is 3. The Bertz CT molecular complexity index is 2050. The van der Waals surface area contributed by atoms with Crippen molar-refractivity contribution >= 4 is 41.4 Å². The predicted molar refractivity (Wildman–Crippen MR) is 217 cm³/mol. The molecule has 0 aliphatic carbocycles. The third-order valence-corrected chi connectivity index (χ3v) is 12.8. The molecule has 3 fully saturated rings. The Morgan fingerprint density at radius 2 is 1.79 bits per heavy atom. The lowest BCUT2D eigenvalue weighted by atomic mass is 9.86. The number of aromatic hydroxyl groups is 1. The fraction of sp³-hybridized carbons (Fsp3) is 0.524. The number of aromatic nitrogens is 2. The number of amides is 5. The van der Waals surface area contributed by atoms with Gasteiger partial charge in [-0.25, -0.2) is 9.18 Å². The second-order valence-corrected chi connectivity index (χ2v) is 16.6. The molecular formula is C42H53FN10O5. The molecule has 0 bridgehead atoms. The third-order valence-electron chi connectivity index (χ3n) is 12.8. The van der Waals surface area contributed by atoms with Crippen LogP contribution in [0.3, 0.4) is 0 Å². The van der Waals surface area contributed by atoms with Gasteiger partial charge >= 0.3 is 6.03 Å². The molecule has 16 heteroatoms. The van der Waals surface area contributed by atoms with Crippen LogP contribution in [0.25, 0.3) is 11.3 Å². The van der Waals surface area contributed by atoms with E-state index in [9.17, 15) is 28.7 Å². The molecule has 5 aliphatic heterocycles. The van der Waals surface area contributed by atoms with E-state index < -0.39 is 11.6 Å². The van der Waals surface area contributed by atoms with Crippen LogP contribution in [0.1, 0.15) is 62.4 Å². The molecule has 1 aromatic heterocycles. The molecule has 15 nitrogen and oxygen atoms in total. The molecular weight excluding hydrogens is 744 g/mol. The van der Waals surface area contributed by atoms with Crippen LogP contribution in [0, 0.1) is 11.7 Å². The molecule has 0 radical (unpaired) electrons. The number of halogens is 1. The smallest absolute Gasteiger partial charge is 0.320 e. The van der Waals surface area contributed by atoms with Gasteiger partial charge < -0.3 is 34.9 Å². The van der Waals surface area contributed by atoms with E-state index in [4.69, 9.17) is 0 Å². The summed E-state index contributed by atoms with van der Waals surface area (Å²) in [7, 11) is 0. The number of piperazine rings is 2. The fourth-order valence-corrected chi connectivity index (χ4v) is 9.78. The molecule has 8 rings (SSSR count). The first-order valence-electron chi connectivity index (χ1n) is 20.6. The van der Waals surface area contributed by atoms with E-state index in [0.717, 1.165) is 68.1 Å². The Morgan fingerprint density at radius 1 is 1.02 bits per heavy atom. The van der Waals surface area contributed by atoms with Gasteiger partial charge in [0.2, 0.25) is 12.3 Å². The van der Waals surface area contributed by atoms with E-state index >= 15 is 0 Å². The Labute approximate surface area is 338 Å². The number of piperidine rings is 1. The quantitative estimate of drug-likeness (QED) is 0.271. The number of carbonyl (C=O) groups excluding carboxylic acids is 4. The molecule has 5 amide bonds. The number of para-hydroxylation sites is 1. The third kappa shape index (κ3) is 7.73. The van der Waals surface area contributed by atoms with Gasteiger partial charge in [-0.3, -0.25) is 24.6 Å². The van der Waals surface area contributed by atoms with Gasteiger partial charge in [0.15, 0.2) is 17.4 Å².